The van der Waals surface area contributed by atoms with Crippen LogP contribution in [-0.2, 0) is 4.79 Å². The van der Waals surface area contributed by atoms with E-state index in [4.69, 9.17) is 5.26 Å². The van der Waals surface area contributed by atoms with Gasteiger partial charge in [-0.15, -0.1) is 0 Å². The van der Waals surface area contributed by atoms with Crippen LogP contribution in [0.15, 0.2) is 24.3 Å². The molecule has 0 aliphatic rings. The molecule has 0 saturated carbocycles. The predicted octanol–water partition coefficient (Wildman–Crippen LogP) is 1.52. The highest BCUT2D eigenvalue weighted by molar-refractivity contribution is 5.84. The summed E-state index contributed by atoms with van der Waals surface area (Å²) in [6.45, 7) is 4.37. The quantitative estimate of drug-likeness (QED) is 0.854. The lowest BCUT2D eigenvalue weighted by atomic mass is 10.2. The van der Waals surface area contributed by atoms with Crippen LogP contribution in [0, 0.1) is 11.3 Å². The third kappa shape index (κ3) is 3.22. The number of likely N-dealkylation sites (N-methyl/N-ethyl adjacent to an activating group) is 2. The maximum absolute atomic E-state index is 11.7. The Morgan fingerprint density at radius 3 is 2.53 bits per heavy atom. The molecule has 1 amide bonds. The zero-order valence-corrected chi connectivity index (χ0v) is 10.4. The summed E-state index contributed by atoms with van der Waals surface area (Å²) in [4.78, 5) is 13.6. The number of rotatable bonds is 4. The summed E-state index contributed by atoms with van der Waals surface area (Å²) in [5.41, 5.74) is 1.54. The Morgan fingerprint density at radius 1 is 1.47 bits per heavy atom. The Kier molecular flexibility index (Phi) is 4.53. The molecule has 0 aliphatic heterocycles. The summed E-state index contributed by atoms with van der Waals surface area (Å²) in [5, 5.41) is 11.5. The van der Waals surface area contributed by atoms with Crippen molar-refractivity contribution in [3.63, 3.8) is 0 Å². The van der Waals surface area contributed by atoms with Gasteiger partial charge in [0, 0.05) is 19.3 Å². The Labute approximate surface area is 102 Å². The molecule has 1 rings (SSSR count). The molecule has 0 radical (unpaired) electrons. The molecule has 1 aromatic carbocycles. The number of carbonyl (C=O) groups excluding carboxylic acids is 1. The normalized spacial score (nSPS) is 11.4. The van der Waals surface area contributed by atoms with Crippen LogP contribution in [0.3, 0.4) is 0 Å². The van der Waals surface area contributed by atoms with Crippen LogP contribution >= 0.6 is 0 Å². The van der Waals surface area contributed by atoms with Gasteiger partial charge in [0.1, 0.15) is 6.04 Å². The van der Waals surface area contributed by atoms with Gasteiger partial charge in [-0.2, -0.15) is 5.26 Å². The topological polar surface area (TPSA) is 56.1 Å². The van der Waals surface area contributed by atoms with E-state index in [2.05, 4.69) is 11.4 Å². The van der Waals surface area contributed by atoms with E-state index in [-0.39, 0.29) is 11.9 Å². The molecule has 0 aromatic heterocycles. The highest BCUT2D eigenvalue weighted by atomic mass is 16.2. The van der Waals surface area contributed by atoms with Crippen LogP contribution in [0.2, 0.25) is 0 Å². The zero-order valence-electron chi connectivity index (χ0n) is 10.4. The number of nitrogens with zero attached hydrogens (tertiary/aromatic N) is 2. The fraction of sp³-hybridized carbons (Fsp3) is 0.385. The number of nitriles is 1. The van der Waals surface area contributed by atoms with Crippen LogP contribution in [-0.4, -0.2) is 25.5 Å². The standard InChI is InChI=1S/C13H17N3O/c1-4-15-13(17)10(2)16(3)12-7-5-11(9-14)6-8-12/h5-8,10H,4H2,1-3H3,(H,15,17). The molecule has 0 aliphatic carbocycles. The molecule has 1 atom stereocenters. The van der Waals surface area contributed by atoms with E-state index in [1.807, 2.05) is 37.9 Å². The van der Waals surface area contributed by atoms with Crippen molar-refractivity contribution >= 4 is 11.6 Å². The molecule has 1 unspecified atom stereocenters. The van der Waals surface area contributed by atoms with Gasteiger partial charge in [0.05, 0.1) is 11.6 Å². The third-order valence-corrected chi connectivity index (χ3v) is 2.72. The maximum atomic E-state index is 11.7. The van der Waals surface area contributed by atoms with Gasteiger partial charge in [-0.05, 0) is 38.1 Å². The molecule has 0 saturated heterocycles. The van der Waals surface area contributed by atoms with Crippen molar-refractivity contribution in [2.75, 3.05) is 18.5 Å². The van der Waals surface area contributed by atoms with Crippen molar-refractivity contribution in [1.82, 2.24) is 5.32 Å². The molecular weight excluding hydrogens is 214 g/mol. The van der Waals surface area contributed by atoms with Crippen molar-refractivity contribution in [3.05, 3.63) is 29.8 Å². The van der Waals surface area contributed by atoms with Crippen LogP contribution in [0.1, 0.15) is 19.4 Å². The van der Waals surface area contributed by atoms with Gasteiger partial charge in [-0.3, -0.25) is 4.79 Å². The van der Waals surface area contributed by atoms with Crippen LogP contribution in [0.25, 0.3) is 0 Å². The number of benzene rings is 1. The molecule has 90 valence electrons. The van der Waals surface area contributed by atoms with Crippen LogP contribution < -0.4 is 10.2 Å². The second kappa shape index (κ2) is 5.90. The Morgan fingerprint density at radius 2 is 2.06 bits per heavy atom. The first-order valence-electron chi connectivity index (χ1n) is 5.60. The van der Waals surface area contributed by atoms with E-state index < -0.39 is 0 Å². The van der Waals surface area contributed by atoms with Crippen molar-refractivity contribution in [2.45, 2.75) is 19.9 Å². The fourth-order valence-corrected chi connectivity index (χ4v) is 1.49. The summed E-state index contributed by atoms with van der Waals surface area (Å²) < 4.78 is 0. The van der Waals surface area contributed by atoms with E-state index in [9.17, 15) is 4.79 Å². The number of nitrogens with one attached hydrogen (secondary N) is 1. The van der Waals surface area contributed by atoms with E-state index in [0.717, 1.165) is 5.69 Å². The van der Waals surface area contributed by atoms with Gasteiger partial charge in [0.2, 0.25) is 5.91 Å². The minimum Gasteiger partial charge on any atom is -0.363 e. The molecular formula is C13H17N3O. The van der Waals surface area contributed by atoms with Gasteiger partial charge in [0.25, 0.3) is 0 Å². The summed E-state index contributed by atoms with van der Waals surface area (Å²) in [6, 6.07) is 9.01. The second-order valence-corrected chi connectivity index (χ2v) is 3.84. The second-order valence-electron chi connectivity index (χ2n) is 3.84. The minimum absolute atomic E-state index is 0.000593. The van der Waals surface area contributed by atoms with Gasteiger partial charge >= 0.3 is 0 Å². The summed E-state index contributed by atoms with van der Waals surface area (Å²) in [5.74, 6) is -0.000593. The number of anilines is 1. The molecule has 4 nitrogen and oxygen atoms in total. The smallest absolute Gasteiger partial charge is 0.242 e. The van der Waals surface area contributed by atoms with E-state index in [1.165, 1.54) is 0 Å². The van der Waals surface area contributed by atoms with Crippen molar-refractivity contribution < 1.29 is 4.79 Å². The first-order chi connectivity index (χ1) is 8.10. The lowest BCUT2D eigenvalue weighted by molar-refractivity contribution is -0.121. The van der Waals surface area contributed by atoms with Gasteiger partial charge < -0.3 is 10.2 Å². The number of amides is 1. The highest BCUT2D eigenvalue weighted by Crippen LogP contribution is 2.15. The van der Waals surface area contributed by atoms with E-state index >= 15 is 0 Å². The highest BCUT2D eigenvalue weighted by Gasteiger charge is 2.17. The molecule has 1 aromatic rings. The van der Waals surface area contributed by atoms with Gasteiger partial charge in [-0.25, -0.2) is 0 Å². The van der Waals surface area contributed by atoms with Gasteiger partial charge in [-0.1, -0.05) is 0 Å². The molecule has 0 spiro atoms. The van der Waals surface area contributed by atoms with Crippen LogP contribution in [0.4, 0.5) is 5.69 Å². The predicted molar refractivity (Wildman–Crippen MR) is 67.7 cm³/mol. The lowest BCUT2D eigenvalue weighted by Crippen LogP contribution is -2.43. The fourth-order valence-electron chi connectivity index (χ4n) is 1.49. The number of carbonyl (C=O) groups is 1. The number of hydrogen-bond acceptors (Lipinski definition) is 3. The molecule has 0 heterocycles. The largest absolute Gasteiger partial charge is 0.363 e. The molecule has 4 heteroatoms. The van der Waals surface area contributed by atoms with Gasteiger partial charge in [0.15, 0.2) is 0 Å². The summed E-state index contributed by atoms with van der Waals surface area (Å²) in [7, 11) is 1.86. The SMILES string of the molecule is CCNC(=O)C(C)N(C)c1ccc(C#N)cc1. The third-order valence-electron chi connectivity index (χ3n) is 2.72. The minimum atomic E-state index is -0.233. The molecule has 0 bridgehead atoms. The Balaban J connectivity index is 2.78. The summed E-state index contributed by atoms with van der Waals surface area (Å²) in [6.07, 6.45) is 0. The molecule has 17 heavy (non-hydrogen) atoms. The van der Waals surface area contributed by atoms with Crippen molar-refractivity contribution in [2.24, 2.45) is 0 Å². The van der Waals surface area contributed by atoms with E-state index in [0.29, 0.717) is 12.1 Å². The molecule has 1 N–H and O–H groups in total. The zero-order chi connectivity index (χ0) is 12.8. The average Bonchev–Trinajstić information content (AvgIpc) is 2.37. The Bertz CT molecular complexity index is 419. The summed E-state index contributed by atoms with van der Waals surface area (Å²) >= 11 is 0. The van der Waals surface area contributed by atoms with Crippen LogP contribution in [0.5, 0.6) is 0 Å². The van der Waals surface area contributed by atoms with E-state index in [1.54, 1.807) is 12.1 Å². The van der Waals surface area contributed by atoms with Crippen molar-refractivity contribution in [1.29, 1.82) is 5.26 Å². The molecule has 0 fully saturated rings. The Hall–Kier alpha value is -2.02. The monoisotopic (exact) mass is 231 g/mol. The lowest BCUT2D eigenvalue weighted by Gasteiger charge is -2.25. The van der Waals surface area contributed by atoms with Crippen molar-refractivity contribution in [3.8, 4) is 6.07 Å². The maximum Gasteiger partial charge on any atom is 0.242 e. The first kappa shape index (κ1) is 13.0. The number of hydrogen-bond donors (Lipinski definition) is 1. The average molecular weight is 231 g/mol. The first-order valence-corrected chi connectivity index (χ1v) is 5.60.